The van der Waals surface area contributed by atoms with Gasteiger partial charge in [0.05, 0.1) is 23.2 Å². The number of aliphatic carboxylic acids is 1. The second kappa shape index (κ2) is 5.50. The number of hydrogen-bond donors (Lipinski definition) is 2. The van der Waals surface area contributed by atoms with Gasteiger partial charge in [-0.15, -0.1) is 0 Å². The van der Waals surface area contributed by atoms with Crippen molar-refractivity contribution >= 4 is 11.9 Å². The molecule has 0 unspecified atom stereocenters. The first kappa shape index (κ1) is 15.5. The fourth-order valence-corrected chi connectivity index (χ4v) is 2.91. The summed E-state index contributed by atoms with van der Waals surface area (Å²) in [5, 5.41) is 16.2. The van der Waals surface area contributed by atoms with Crippen molar-refractivity contribution in [2.24, 2.45) is 5.92 Å². The van der Waals surface area contributed by atoms with Crippen molar-refractivity contribution in [1.29, 1.82) is 0 Å². The molecule has 1 amide bonds. The molecule has 6 heteroatoms. The third-order valence-corrected chi connectivity index (χ3v) is 4.01. The minimum absolute atomic E-state index is 0.0593. The van der Waals surface area contributed by atoms with Crippen LogP contribution < -0.4 is 5.32 Å². The highest BCUT2D eigenvalue weighted by Crippen LogP contribution is 2.26. The molecule has 1 aliphatic carbocycles. The standard InChI is InChI=1S/C15H23N3O3/c1-9-12(8-16-18(9)15(2,3)4)13(19)17-11-6-5-10(7-11)14(20)21/h8,10-11H,5-7H2,1-4H3,(H,17,19)(H,20,21)/t10-,11+/m0/s1. The molecule has 0 aliphatic heterocycles. The molecule has 0 bridgehead atoms. The molecule has 2 rings (SSSR count). The Hall–Kier alpha value is -1.85. The Morgan fingerprint density at radius 1 is 1.38 bits per heavy atom. The Morgan fingerprint density at radius 3 is 2.52 bits per heavy atom. The van der Waals surface area contributed by atoms with Crippen LogP contribution in [-0.2, 0) is 10.3 Å². The summed E-state index contributed by atoms with van der Waals surface area (Å²) in [7, 11) is 0. The van der Waals surface area contributed by atoms with Gasteiger partial charge in [-0.1, -0.05) is 0 Å². The predicted molar refractivity (Wildman–Crippen MR) is 78.2 cm³/mol. The first-order valence-electron chi connectivity index (χ1n) is 7.29. The SMILES string of the molecule is Cc1c(C(=O)N[C@@H]2CC[C@H](C(=O)O)C2)cnn1C(C)(C)C. The van der Waals surface area contributed by atoms with Gasteiger partial charge in [0.15, 0.2) is 0 Å². The normalized spacial score (nSPS) is 22.3. The molecule has 21 heavy (non-hydrogen) atoms. The largest absolute Gasteiger partial charge is 0.481 e. The van der Waals surface area contributed by atoms with Crippen LogP contribution in [0.3, 0.4) is 0 Å². The molecule has 6 nitrogen and oxygen atoms in total. The Bertz CT molecular complexity index is 557. The highest BCUT2D eigenvalue weighted by Gasteiger charge is 2.31. The number of nitrogens with one attached hydrogen (secondary N) is 1. The number of nitrogens with zero attached hydrogens (tertiary/aromatic N) is 2. The number of aromatic nitrogens is 2. The van der Waals surface area contributed by atoms with E-state index in [4.69, 9.17) is 5.11 Å². The number of rotatable bonds is 3. The Kier molecular flexibility index (Phi) is 4.07. The zero-order valence-electron chi connectivity index (χ0n) is 13.0. The summed E-state index contributed by atoms with van der Waals surface area (Å²) in [6, 6.07) is -0.0593. The van der Waals surface area contributed by atoms with Crippen LogP contribution in [0.4, 0.5) is 0 Å². The second-order valence-electron chi connectivity index (χ2n) is 6.74. The lowest BCUT2D eigenvalue weighted by atomic mass is 10.1. The van der Waals surface area contributed by atoms with E-state index >= 15 is 0 Å². The monoisotopic (exact) mass is 293 g/mol. The molecule has 1 saturated carbocycles. The van der Waals surface area contributed by atoms with Gasteiger partial charge in [-0.05, 0) is 47.0 Å². The molecule has 1 aliphatic rings. The van der Waals surface area contributed by atoms with Crippen LogP contribution in [0.5, 0.6) is 0 Å². The quantitative estimate of drug-likeness (QED) is 0.892. The fraction of sp³-hybridized carbons (Fsp3) is 0.667. The second-order valence-corrected chi connectivity index (χ2v) is 6.74. The molecule has 0 radical (unpaired) electrons. The van der Waals surface area contributed by atoms with Crippen LogP contribution in [0.2, 0.25) is 0 Å². The molecule has 0 spiro atoms. The van der Waals surface area contributed by atoms with Crippen LogP contribution in [0.1, 0.15) is 56.1 Å². The molecular weight excluding hydrogens is 270 g/mol. The van der Waals surface area contributed by atoms with Gasteiger partial charge in [-0.3, -0.25) is 14.3 Å². The van der Waals surface area contributed by atoms with Crippen LogP contribution in [0.15, 0.2) is 6.20 Å². The summed E-state index contributed by atoms with van der Waals surface area (Å²) >= 11 is 0. The van der Waals surface area contributed by atoms with E-state index < -0.39 is 5.97 Å². The number of hydrogen-bond acceptors (Lipinski definition) is 3. The average Bonchev–Trinajstić information content (AvgIpc) is 2.94. The lowest BCUT2D eigenvalue weighted by Gasteiger charge is -2.21. The molecule has 2 N–H and O–H groups in total. The summed E-state index contributed by atoms with van der Waals surface area (Å²) in [6.45, 7) is 7.97. The van der Waals surface area contributed by atoms with Crippen molar-refractivity contribution < 1.29 is 14.7 Å². The van der Waals surface area contributed by atoms with Crippen LogP contribution in [0.25, 0.3) is 0 Å². The summed E-state index contributed by atoms with van der Waals surface area (Å²) in [4.78, 5) is 23.3. The highest BCUT2D eigenvalue weighted by molar-refractivity contribution is 5.95. The lowest BCUT2D eigenvalue weighted by Crippen LogP contribution is -2.34. The minimum atomic E-state index is -0.775. The highest BCUT2D eigenvalue weighted by atomic mass is 16.4. The summed E-state index contributed by atoms with van der Waals surface area (Å²) in [5.41, 5.74) is 1.21. The smallest absolute Gasteiger partial charge is 0.306 e. The van der Waals surface area contributed by atoms with Crippen LogP contribution >= 0.6 is 0 Å². The molecule has 1 aromatic rings. The van der Waals surface area contributed by atoms with Gasteiger partial charge in [0.1, 0.15) is 0 Å². The molecule has 1 fully saturated rings. The van der Waals surface area contributed by atoms with Crippen molar-refractivity contribution in [3.8, 4) is 0 Å². The van der Waals surface area contributed by atoms with Crippen LogP contribution in [-0.4, -0.2) is 32.8 Å². The van der Waals surface area contributed by atoms with E-state index in [1.165, 1.54) is 0 Å². The van der Waals surface area contributed by atoms with Crippen molar-refractivity contribution in [2.45, 2.75) is 58.5 Å². The summed E-state index contributed by atoms with van der Waals surface area (Å²) < 4.78 is 1.83. The number of carboxylic acid groups (broad SMARTS) is 1. The molecule has 0 saturated heterocycles. The predicted octanol–water partition coefficient (Wildman–Crippen LogP) is 1.93. The number of carbonyl (C=O) groups excluding carboxylic acids is 1. The minimum Gasteiger partial charge on any atom is -0.481 e. The van der Waals surface area contributed by atoms with Crippen molar-refractivity contribution in [1.82, 2.24) is 15.1 Å². The van der Waals surface area contributed by atoms with Gasteiger partial charge < -0.3 is 10.4 Å². The Labute approximate surface area is 124 Å². The zero-order chi connectivity index (χ0) is 15.8. The number of amides is 1. The summed E-state index contributed by atoms with van der Waals surface area (Å²) in [5.74, 6) is -1.28. The average molecular weight is 293 g/mol. The first-order chi connectivity index (χ1) is 9.70. The molecule has 0 aromatic carbocycles. The van der Waals surface area contributed by atoms with E-state index in [1.807, 2.05) is 32.4 Å². The maximum absolute atomic E-state index is 12.3. The Morgan fingerprint density at radius 2 is 2.05 bits per heavy atom. The van der Waals surface area contributed by atoms with Gasteiger partial charge in [-0.25, -0.2) is 0 Å². The van der Waals surface area contributed by atoms with E-state index in [2.05, 4.69) is 10.4 Å². The molecule has 2 atom stereocenters. The molecule has 116 valence electrons. The third kappa shape index (κ3) is 3.25. The van der Waals surface area contributed by atoms with E-state index in [1.54, 1.807) is 6.20 Å². The fourth-order valence-electron chi connectivity index (χ4n) is 2.91. The molecule has 1 aromatic heterocycles. The first-order valence-corrected chi connectivity index (χ1v) is 7.29. The van der Waals surface area contributed by atoms with Crippen LogP contribution in [0, 0.1) is 12.8 Å². The number of carboxylic acids is 1. The van der Waals surface area contributed by atoms with E-state index in [0.717, 1.165) is 12.1 Å². The summed E-state index contributed by atoms with van der Waals surface area (Å²) in [6.07, 6.45) is 3.43. The van der Waals surface area contributed by atoms with Gasteiger partial charge in [0, 0.05) is 11.7 Å². The van der Waals surface area contributed by atoms with Crippen molar-refractivity contribution in [3.63, 3.8) is 0 Å². The van der Waals surface area contributed by atoms with Gasteiger partial charge >= 0.3 is 5.97 Å². The van der Waals surface area contributed by atoms with Crippen molar-refractivity contribution in [2.75, 3.05) is 0 Å². The van der Waals surface area contributed by atoms with Gasteiger partial charge in [-0.2, -0.15) is 5.10 Å². The number of carbonyl (C=O) groups is 2. The maximum atomic E-state index is 12.3. The van der Waals surface area contributed by atoms with Crippen molar-refractivity contribution in [3.05, 3.63) is 17.5 Å². The Balaban J connectivity index is 2.05. The topological polar surface area (TPSA) is 84.2 Å². The molecular formula is C15H23N3O3. The lowest BCUT2D eigenvalue weighted by molar-refractivity contribution is -0.141. The molecule has 1 heterocycles. The van der Waals surface area contributed by atoms with Gasteiger partial charge in [0.25, 0.3) is 5.91 Å². The van der Waals surface area contributed by atoms with Gasteiger partial charge in [0.2, 0.25) is 0 Å². The van der Waals surface area contributed by atoms with E-state index in [-0.39, 0.29) is 23.4 Å². The van der Waals surface area contributed by atoms with E-state index in [0.29, 0.717) is 18.4 Å². The zero-order valence-corrected chi connectivity index (χ0v) is 13.0. The van der Waals surface area contributed by atoms with E-state index in [9.17, 15) is 9.59 Å². The maximum Gasteiger partial charge on any atom is 0.306 e. The third-order valence-electron chi connectivity index (χ3n) is 4.01.